The summed E-state index contributed by atoms with van der Waals surface area (Å²) < 4.78 is 4.51. The fraction of sp³-hybridized carbons (Fsp3) is 0.250. The first kappa shape index (κ1) is 6.84. The molecule has 1 rings (SSSR count). The molecule has 2 heteroatoms. The number of hydrogen-bond donors (Lipinski definition) is 0. The van der Waals surface area contributed by atoms with E-state index in [-0.39, 0.29) is 11.9 Å². The summed E-state index contributed by atoms with van der Waals surface area (Å²) in [5.41, 5.74) is 2.81. The van der Waals surface area contributed by atoms with Gasteiger partial charge in [-0.25, -0.2) is 0 Å². The molecule has 1 unspecified atom stereocenters. The van der Waals surface area contributed by atoms with Crippen LogP contribution in [-0.2, 0) is 9.53 Å². The van der Waals surface area contributed by atoms with Crippen LogP contribution in [0.4, 0.5) is 0 Å². The second-order valence-corrected chi connectivity index (χ2v) is 1.93. The van der Waals surface area contributed by atoms with E-state index in [0.29, 0.717) is 0 Å². The average molecular weight is 136 g/mol. The van der Waals surface area contributed by atoms with Gasteiger partial charge >= 0.3 is 5.97 Å². The van der Waals surface area contributed by atoms with Crippen LogP contribution in [0.3, 0.4) is 0 Å². The Morgan fingerprint density at radius 1 is 1.70 bits per heavy atom. The molecule has 0 heterocycles. The molecule has 0 N–H and O–H groups in total. The summed E-state index contributed by atoms with van der Waals surface area (Å²) in [4.78, 5) is 10.8. The van der Waals surface area contributed by atoms with Crippen molar-refractivity contribution >= 4 is 5.97 Å². The Hall–Kier alpha value is -1.27. The Bertz CT molecular complexity index is 219. The van der Waals surface area contributed by atoms with Crippen molar-refractivity contribution in [1.29, 1.82) is 0 Å². The molecular weight excluding hydrogens is 128 g/mol. The van der Waals surface area contributed by atoms with Gasteiger partial charge in [0.25, 0.3) is 0 Å². The minimum atomic E-state index is -0.241. The summed E-state index contributed by atoms with van der Waals surface area (Å²) in [5.74, 6) is -0.480. The van der Waals surface area contributed by atoms with Crippen LogP contribution in [0.15, 0.2) is 30.0 Å². The van der Waals surface area contributed by atoms with E-state index < -0.39 is 0 Å². The first-order valence-electron chi connectivity index (χ1n) is 3.02. The van der Waals surface area contributed by atoms with Crippen LogP contribution in [0, 0.1) is 5.92 Å². The van der Waals surface area contributed by atoms with Gasteiger partial charge < -0.3 is 4.74 Å². The summed E-state index contributed by atoms with van der Waals surface area (Å²) in [6.07, 6.45) is 6.97. The Labute approximate surface area is 59.5 Å². The largest absolute Gasteiger partial charge is 0.468 e. The van der Waals surface area contributed by atoms with E-state index in [1.165, 1.54) is 7.11 Å². The highest BCUT2D eigenvalue weighted by molar-refractivity contribution is 5.76. The van der Waals surface area contributed by atoms with Crippen molar-refractivity contribution in [3.8, 4) is 0 Å². The number of hydrogen-bond acceptors (Lipinski definition) is 2. The van der Waals surface area contributed by atoms with E-state index >= 15 is 0 Å². The summed E-state index contributed by atoms with van der Waals surface area (Å²) in [5, 5.41) is 0. The molecule has 0 aromatic rings. The number of ether oxygens (including phenoxy) is 1. The normalized spacial score (nSPS) is 21.1. The Morgan fingerprint density at radius 2 is 2.50 bits per heavy atom. The molecule has 1 atom stereocenters. The zero-order valence-corrected chi connectivity index (χ0v) is 5.70. The van der Waals surface area contributed by atoms with E-state index in [9.17, 15) is 4.79 Å². The summed E-state index contributed by atoms with van der Waals surface area (Å²) >= 11 is 0. The van der Waals surface area contributed by atoms with Crippen molar-refractivity contribution in [3.05, 3.63) is 30.0 Å². The Kier molecular flexibility index (Phi) is 2.08. The number of allylic oxidation sites excluding steroid dienone is 1. The van der Waals surface area contributed by atoms with Crippen LogP contribution in [-0.4, -0.2) is 13.1 Å². The van der Waals surface area contributed by atoms with E-state index in [2.05, 4.69) is 10.5 Å². The molecule has 0 aromatic carbocycles. The average Bonchev–Trinajstić information content (AvgIpc) is 2.05. The second-order valence-electron chi connectivity index (χ2n) is 1.93. The zero-order chi connectivity index (χ0) is 7.40. The fourth-order valence-corrected chi connectivity index (χ4v) is 0.728. The molecule has 0 spiro atoms. The molecule has 0 aromatic heterocycles. The smallest absolute Gasteiger partial charge is 0.317 e. The molecule has 2 nitrogen and oxygen atoms in total. The lowest BCUT2D eigenvalue weighted by Crippen LogP contribution is -2.11. The van der Waals surface area contributed by atoms with Gasteiger partial charge in [0.2, 0.25) is 0 Å². The lowest BCUT2D eigenvalue weighted by Gasteiger charge is -2.03. The maximum absolute atomic E-state index is 10.8. The van der Waals surface area contributed by atoms with Gasteiger partial charge in [-0.2, -0.15) is 0 Å². The zero-order valence-electron chi connectivity index (χ0n) is 5.70. The molecule has 0 aliphatic heterocycles. The third-order valence-corrected chi connectivity index (χ3v) is 1.26. The second kappa shape index (κ2) is 3.04. The maximum atomic E-state index is 10.8. The predicted octanol–water partition coefficient (Wildman–Crippen LogP) is 1.06. The molecule has 0 amide bonds. The number of carbonyl (C=O) groups is 1. The van der Waals surface area contributed by atoms with Gasteiger partial charge in [-0.05, 0) is 12.2 Å². The van der Waals surface area contributed by atoms with E-state index in [1.807, 2.05) is 0 Å². The minimum Gasteiger partial charge on any atom is -0.468 e. The van der Waals surface area contributed by atoms with Crippen LogP contribution in [0.25, 0.3) is 0 Å². The van der Waals surface area contributed by atoms with Gasteiger partial charge in [-0.3, -0.25) is 4.79 Å². The highest BCUT2D eigenvalue weighted by Crippen LogP contribution is 2.05. The number of carbonyl (C=O) groups excluding carboxylic acids is 1. The van der Waals surface area contributed by atoms with Crippen LogP contribution >= 0.6 is 0 Å². The highest BCUT2D eigenvalue weighted by Gasteiger charge is 2.11. The van der Waals surface area contributed by atoms with Gasteiger partial charge in [-0.15, -0.1) is 5.73 Å². The topological polar surface area (TPSA) is 26.3 Å². The number of esters is 1. The molecular formula is C8H8O2. The standard InChI is InChI=1S/C8H8O2/c1-10-8(9)7-5-3-2-4-6-7/h2-3,5-7H,1H3. The maximum Gasteiger partial charge on any atom is 0.317 e. The van der Waals surface area contributed by atoms with Crippen molar-refractivity contribution < 1.29 is 9.53 Å². The summed E-state index contributed by atoms with van der Waals surface area (Å²) in [6.45, 7) is 0. The third-order valence-electron chi connectivity index (χ3n) is 1.26. The van der Waals surface area contributed by atoms with Crippen molar-refractivity contribution in [2.24, 2.45) is 5.92 Å². The lowest BCUT2D eigenvalue weighted by atomic mass is 10.1. The molecule has 0 fully saturated rings. The molecule has 0 saturated carbocycles. The first-order chi connectivity index (χ1) is 4.84. The SMILES string of the molecule is COC(=O)C1C=C=CC=C1. The molecule has 1 aliphatic rings. The molecule has 0 bridgehead atoms. The van der Waals surface area contributed by atoms with E-state index in [1.54, 1.807) is 24.3 Å². The van der Waals surface area contributed by atoms with Gasteiger partial charge in [0.15, 0.2) is 0 Å². The predicted molar refractivity (Wildman–Crippen MR) is 37.3 cm³/mol. The molecule has 0 saturated heterocycles. The van der Waals surface area contributed by atoms with Crippen molar-refractivity contribution in [2.75, 3.05) is 7.11 Å². The lowest BCUT2D eigenvalue weighted by molar-refractivity contribution is -0.142. The van der Waals surface area contributed by atoms with E-state index in [4.69, 9.17) is 0 Å². The quantitative estimate of drug-likeness (QED) is 0.398. The summed E-state index contributed by atoms with van der Waals surface area (Å²) in [6, 6.07) is 0. The number of rotatable bonds is 1. The van der Waals surface area contributed by atoms with Gasteiger partial charge in [0.1, 0.15) is 5.92 Å². The Morgan fingerprint density at radius 3 is 3.00 bits per heavy atom. The minimum absolute atomic E-state index is 0.239. The van der Waals surface area contributed by atoms with Crippen LogP contribution < -0.4 is 0 Å². The van der Waals surface area contributed by atoms with Gasteiger partial charge in [-0.1, -0.05) is 12.2 Å². The molecule has 52 valence electrons. The highest BCUT2D eigenvalue weighted by atomic mass is 16.5. The van der Waals surface area contributed by atoms with Crippen molar-refractivity contribution in [3.63, 3.8) is 0 Å². The molecule has 1 aliphatic carbocycles. The van der Waals surface area contributed by atoms with Crippen molar-refractivity contribution in [2.45, 2.75) is 0 Å². The first-order valence-corrected chi connectivity index (χ1v) is 3.02. The number of methoxy groups -OCH3 is 1. The van der Waals surface area contributed by atoms with Crippen LogP contribution in [0.2, 0.25) is 0 Å². The van der Waals surface area contributed by atoms with Crippen LogP contribution in [0.5, 0.6) is 0 Å². The molecule has 0 radical (unpaired) electrons. The third kappa shape index (κ3) is 1.36. The Balaban J connectivity index is 2.67. The molecule has 10 heavy (non-hydrogen) atoms. The van der Waals surface area contributed by atoms with Gasteiger partial charge in [0.05, 0.1) is 7.11 Å². The fourth-order valence-electron chi connectivity index (χ4n) is 0.728. The van der Waals surface area contributed by atoms with Crippen molar-refractivity contribution in [1.82, 2.24) is 0 Å². The summed E-state index contributed by atoms with van der Waals surface area (Å²) in [7, 11) is 1.38. The van der Waals surface area contributed by atoms with Gasteiger partial charge in [0, 0.05) is 0 Å². The van der Waals surface area contributed by atoms with E-state index in [0.717, 1.165) is 0 Å². The van der Waals surface area contributed by atoms with Crippen LogP contribution in [0.1, 0.15) is 0 Å². The monoisotopic (exact) mass is 136 g/mol.